The lowest BCUT2D eigenvalue weighted by atomic mass is 9.70. The summed E-state index contributed by atoms with van der Waals surface area (Å²) in [6.07, 6.45) is 1.43. The number of piperidine rings is 1. The third-order valence-corrected chi connectivity index (χ3v) is 8.58. The lowest BCUT2D eigenvalue weighted by molar-refractivity contribution is -0.123. The Labute approximate surface area is 244 Å². The quantitative estimate of drug-likeness (QED) is 0.138. The molecule has 0 spiro atoms. The summed E-state index contributed by atoms with van der Waals surface area (Å²) in [7, 11) is 0. The third kappa shape index (κ3) is 6.37. The number of carbonyl (C=O) groups is 2. The van der Waals surface area contributed by atoms with Crippen molar-refractivity contribution in [2.45, 2.75) is 43.0 Å². The minimum Gasteiger partial charge on any atom is -0.356 e. The van der Waals surface area contributed by atoms with Gasteiger partial charge in [-0.25, -0.2) is 9.97 Å². The fraction of sp³-hybridized carbons (Fsp3) is 0.250. The topological polar surface area (TPSA) is 75.2 Å². The SMILES string of the molecule is CC(=O)C1(c2ccccc2)CCN(c2cc(Cl)nc(SCc3cccc(C(=O)Nc4ccc(C)cc4)c3)n2)CC1. The van der Waals surface area contributed by atoms with Crippen molar-refractivity contribution in [2.75, 3.05) is 23.3 Å². The fourth-order valence-corrected chi connectivity index (χ4v) is 6.15. The number of nitrogens with zero attached hydrogens (tertiary/aromatic N) is 3. The first-order valence-corrected chi connectivity index (χ1v) is 14.6. The van der Waals surface area contributed by atoms with Crippen LogP contribution in [-0.4, -0.2) is 34.7 Å². The zero-order valence-corrected chi connectivity index (χ0v) is 24.1. The molecule has 1 aromatic heterocycles. The summed E-state index contributed by atoms with van der Waals surface area (Å²) in [4.78, 5) is 36.9. The summed E-state index contributed by atoms with van der Waals surface area (Å²) >= 11 is 7.88. The van der Waals surface area contributed by atoms with Crippen molar-refractivity contribution in [1.82, 2.24) is 9.97 Å². The van der Waals surface area contributed by atoms with E-state index in [1.54, 1.807) is 19.1 Å². The van der Waals surface area contributed by atoms with E-state index in [9.17, 15) is 9.59 Å². The monoisotopic (exact) mass is 570 g/mol. The largest absolute Gasteiger partial charge is 0.356 e. The second-order valence-electron chi connectivity index (χ2n) is 10.1. The standard InChI is InChI=1S/C32H31ClN4O2S/c1-22-11-13-27(14-12-22)34-30(39)25-8-6-7-24(19-25)21-40-31-35-28(33)20-29(36-31)37-17-15-32(16-18-37,23(2)38)26-9-4-3-5-10-26/h3-14,19-20H,15-18,21H2,1-2H3,(H,34,39). The number of hydrogen-bond acceptors (Lipinski definition) is 6. The highest BCUT2D eigenvalue weighted by Gasteiger charge is 2.40. The van der Waals surface area contributed by atoms with Crippen LogP contribution in [0, 0.1) is 6.92 Å². The zero-order valence-electron chi connectivity index (χ0n) is 22.6. The van der Waals surface area contributed by atoms with Crippen LogP contribution in [0.25, 0.3) is 0 Å². The molecule has 0 saturated carbocycles. The third-order valence-electron chi connectivity index (χ3n) is 7.47. The maximum Gasteiger partial charge on any atom is 0.255 e. The molecular weight excluding hydrogens is 540 g/mol. The lowest BCUT2D eigenvalue weighted by Gasteiger charge is -2.41. The smallest absolute Gasteiger partial charge is 0.255 e. The number of thioether (sulfide) groups is 1. The van der Waals surface area contributed by atoms with Gasteiger partial charge in [0, 0.05) is 36.2 Å². The van der Waals surface area contributed by atoms with Crippen LogP contribution in [0.4, 0.5) is 11.5 Å². The number of nitrogens with one attached hydrogen (secondary N) is 1. The Morgan fingerprint density at radius 3 is 2.38 bits per heavy atom. The number of aryl methyl sites for hydroxylation is 1. The lowest BCUT2D eigenvalue weighted by Crippen LogP contribution is -2.47. The van der Waals surface area contributed by atoms with Crippen molar-refractivity contribution in [3.63, 3.8) is 0 Å². The molecule has 6 nitrogen and oxygen atoms in total. The number of rotatable bonds is 8. The molecule has 0 atom stereocenters. The van der Waals surface area contributed by atoms with Gasteiger partial charge in [-0.2, -0.15) is 0 Å². The van der Waals surface area contributed by atoms with E-state index in [1.165, 1.54) is 11.8 Å². The van der Waals surface area contributed by atoms with Gasteiger partial charge < -0.3 is 10.2 Å². The van der Waals surface area contributed by atoms with E-state index in [1.807, 2.05) is 67.6 Å². The predicted molar refractivity (Wildman–Crippen MR) is 162 cm³/mol. The van der Waals surface area contributed by atoms with Crippen molar-refractivity contribution in [1.29, 1.82) is 0 Å². The molecule has 1 fully saturated rings. The van der Waals surface area contributed by atoms with Crippen molar-refractivity contribution in [2.24, 2.45) is 0 Å². The van der Waals surface area contributed by atoms with Gasteiger partial charge in [0.15, 0.2) is 5.16 Å². The molecule has 1 saturated heterocycles. The highest BCUT2D eigenvalue weighted by atomic mass is 35.5. The Balaban J connectivity index is 1.24. The van der Waals surface area contributed by atoms with Gasteiger partial charge in [0.25, 0.3) is 5.91 Å². The van der Waals surface area contributed by atoms with Crippen molar-refractivity contribution >= 4 is 46.6 Å². The van der Waals surface area contributed by atoms with Gasteiger partial charge in [0.05, 0.1) is 5.41 Å². The van der Waals surface area contributed by atoms with Crippen LogP contribution >= 0.6 is 23.4 Å². The Hall–Kier alpha value is -3.68. The Bertz CT molecular complexity index is 1500. The molecule has 204 valence electrons. The van der Waals surface area contributed by atoms with Crippen LogP contribution in [0.3, 0.4) is 0 Å². The molecule has 8 heteroatoms. The van der Waals surface area contributed by atoms with E-state index in [2.05, 4.69) is 27.3 Å². The van der Waals surface area contributed by atoms with Gasteiger partial charge in [0.1, 0.15) is 16.8 Å². The van der Waals surface area contributed by atoms with Crippen molar-refractivity contribution < 1.29 is 9.59 Å². The van der Waals surface area contributed by atoms with Gasteiger partial charge >= 0.3 is 0 Å². The molecule has 1 N–H and O–H groups in total. The number of hydrogen-bond donors (Lipinski definition) is 1. The molecule has 0 unspecified atom stereocenters. The van der Waals surface area contributed by atoms with Crippen LogP contribution in [0.15, 0.2) is 90.1 Å². The number of Topliss-reactive ketones (excluding diaryl/α,β-unsaturated/α-hetero) is 1. The molecule has 5 rings (SSSR count). The van der Waals surface area contributed by atoms with Crippen molar-refractivity contribution in [3.8, 4) is 0 Å². The summed E-state index contributed by atoms with van der Waals surface area (Å²) in [6, 6.07) is 27.1. The number of amides is 1. The highest BCUT2D eigenvalue weighted by molar-refractivity contribution is 7.98. The minimum absolute atomic E-state index is 0.153. The van der Waals surface area contributed by atoms with E-state index in [0.717, 1.165) is 28.2 Å². The summed E-state index contributed by atoms with van der Waals surface area (Å²) in [5, 5.41) is 3.90. The van der Waals surface area contributed by atoms with E-state index in [4.69, 9.17) is 16.6 Å². The van der Waals surface area contributed by atoms with E-state index >= 15 is 0 Å². The molecule has 40 heavy (non-hydrogen) atoms. The Morgan fingerprint density at radius 2 is 1.68 bits per heavy atom. The van der Waals surface area contributed by atoms with Crippen molar-refractivity contribution in [3.05, 3.63) is 112 Å². The number of ketones is 1. The Morgan fingerprint density at radius 1 is 0.950 bits per heavy atom. The minimum atomic E-state index is -0.469. The van der Waals surface area contributed by atoms with Crippen LogP contribution in [0.2, 0.25) is 5.15 Å². The van der Waals surface area contributed by atoms with Crippen LogP contribution in [0.1, 0.15) is 46.8 Å². The summed E-state index contributed by atoms with van der Waals surface area (Å²) in [6.45, 7) is 5.10. The molecule has 1 aliphatic heterocycles. The molecule has 2 heterocycles. The van der Waals surface area contributed by atoms with Crippen LogP contribution < -0.4 is 10.2 Å². The van der Waals surface area contributed by atoms with E-state index < -0.39 is 5.41 Å². The fourth-order valence-electron chi connectivity index (χ4n) is 5.12. The summed E-state index contributed by atoms with van der Waals surface area (Å²) < 4.78 is 0. The first kappa shape index (κ1) is 27.9. The van der Waals surface area contributed by atoms with Gasteiger partial charge in [-0.3, -0.25) is 9.59 Å². The molecular formula is C32H31ClN4O2S. The predicted octanol–water partition coefficient (Wildman–Crippen LogP) is 7.11. The highest BCUT2D eigenvalue weighted by Crippen LogP contribution is 2.38. The van der Waals surface area contributed by atoms with Crippen LogP contribution in [0.5, 0.6) is 0 Å². The number of carbonyl (C=O) groups excluding carboxylic acids is 2. The summed E-state index contributed by atoms with van der Waals surface area (Å²) in [5.41, 5.74) is 4.08. The van der Waals surface area contributed by atoms with E-state index in [0.29, 0.717) is 47.6 Å². The first-order valence-electron chi connectivity index (χ1n) is 13.3. The van der Waals surface area contributed by atoms with E-state index in [-0.39, 0.29) is 11.7 Å². The second-order valence-corrected chi connectivity index (χ2v) is 11.5. The average molecular weight is 571 g/mol. The maximum atomic E-state index is 12.8. The average Bonchev–Trinajstić information content (AvgIpc) is 2.97. The molecule has 1 aliphatic rings. The molecule has 1 amide bonds. The van der Waals surface area contributed by atoms with Gasteiger partial charge in [-0.15, -0.1) is 0 Å². The molecule has 0 bridgehead atoms. The molecule has 0 radical (unpaired) electrons. The normalized spacial score (nSPS) is 14.5. The van der Waals surface area contributed by atoms with Crippen LogP contribution in [-0.2, 0) is 16.0 Å². The summed E-state index contributed by atoms with van der Waals surface area (Å²) in [5.74, 6) is 1.40. The Kier molecular flexibility index (Phi) is 8.52. The molecule has 4 aromatic rings. The number of aromatic nitrogens is 2. The van der Waals surface area contributed by atoms with Gasteiger partial charge in [-0.05, 0) is 62.1 Å². The first-order chi connectivity index (χ1) is 19.3. The number of halogens is 1. The van der Waals surface area contributed by atoms with Gasteiger partial charge in [-0.1, -0.05) is 83.5 Å². The van der Waals surface area contributed by atoms with Gasteiger partial charge in [0.2, 0.25) is 0 Å². The number of benzene rings is 3. The second kappa shape index (κ2) is 12.2. The maximum absolute atomic E-state index is 12.8. The number of anilines is 2. The molecule has 0 aliphatic carbocycles. The molecule has 3 aromatic carbocycles. The zero-order chi connectivity index (χ0) is 28.1.